The molecule has 0 radical (unpaired) electrons. The second kappa shape index (κ2) is 5.22. The minimum atomic E-state index is -4.44. The van der Waals surface area contributed by atoms with E-state index < -0.39 is 11.7 Å². The summed E-state index contributed by atoms with van der Waals surface area (Å²) in [7, 11) is 0. The zero-order valence-corrected chi connectivity index (χ0v) is 10.7. The smallest absolute Gasteiger partial charge is 0.339 e. The van der Waals surface area contributed by atoms with Gasteiger partial charge in [0.15, 0.2) is 0 Å². The molecule has 0 bridgehead atoms. The Labute approximate surface area is 116 Å². The standard InChI is InChI=1S/C11H6Cl2F3N3/c12-7-2-1-6(11(14,15)16)3-8(7)19-10-4-9(13)17-5-18-10/h1-5H,(H,17,18,19). The molecule has 0 saturated carbocycles. The highest BCUT2D eigenvalue weighted by molar-refractivity contribution is 6.33. The van der Waals surface area contributed by atoms with Crippen molar-refractivity contribution < 1.29 is 13.2 Å². The molecule has 8 heteroatoms. The third-order valence-electron chi connectivity index (χ3n) is 2.19. The fraction of sp³-hybridized carbons (Fsp3) is 0.0909. The average molecular weight is 308 g/mol. The van der Waals surface area contributed by atoms with E-state index in [1.807, 2.05) is 0 Å². The maximum Gasteiger partial charge on any atom is 0.416 e. The molecule has 0 atom stereocenters. The molecule has 19 heavy (non-hydrogen) atoms. The molecule has 1 N–H and O–H groups in total. The van der Waals surface area contributed by atoms with Crippen LogP contribution in [0.3, 0.4) is 0 Å². The lowest BCUT2D eigenvalue weighted by Gasteiger charge is -2.11. The highest BCUT2D eigenvalue weighted by Gasteiger charge is 2.30. The first-order valence-electron chi connectivity index (χ1n) is 4.97. The van der Waals surface area contributed by atoms with Crippen LogP contribution in [0, 0.1) is 0 Å². The summed E-state index contributed by atoms with van der Waals surface area (Å²) < 4.78 is 37.8. The van der Waals surface area contributed by atoms with E-state index in [1.165, 1.54) is 12.4 Å². The summed E-state index contributed by atoms with van der Waals surface area (Å²) in [6.45, 7) is 0. The monoisotopic (exact) mass is 307 g/mol. The van der Waals surface area contributed by atoms with Crippen LogP contribution in [0.5, 0.6) is 0 Å². The van der Waals surface area contributed by atoms with Gasteiger partial charge in [-0.25, -0.2) is 9.97 Å². The molecule has 0 saturated heterocycles. The number of halogens is 5. The van der Waals surface area contributed by atoms with Gasteiger partial charge in [-0.3, -0.25) is 0 Å². The van der Waals surface area contributed by atoms with E-state index in [1.54, 1.807) is 0 Å². The van der Waals surface area contributed by atoms with Crippen LogP contribution in [0.25, 0.3) is 0 Å². The molecule has 2 aromatic rings. The molecular weight excluding hydrogens is 302 g/mol. The summed E-state index contributed by atoms with van der Waals surface area (Å²) in [4.78, 5) is 7.48. The van der Waals surface area contributed by atoms with E-state index in [4.69, 9.17) is 23.2 Å². The minimum Gasteiger partial charge on any atom is -0.339 e. The van der Waals surface area contributed by atoms with E-state index in [9.17, 15) is 13.2 Å². The molecule has 2 rings (SSSR count). The number of benzene rings is 1. The topological polar surface area (TPSA) is 37.8 Å². The molecular formula is C11H6Cl2F3N3. The van der Waals surface area contributed by atoms with Crippen LogP contribution in [0.2, 0.25) is 10.2 Å². The Kier molecular flexibility index (Phi) is 3.82. The number of aromatic nitrogens is 2. The number of nitrogens with one attached hydrogen (secondary N) is 1. The first-order valence-corrected chi connectivity index (χ1v) is 5.73. The lowest BCUT2D eigenvalue weighted by Crippen LogP contribution is -2.05. The van der Waals surface area contributed by atoms with Crippen molar-refractivity contribution >= 4 is 34.7 Å². The van der Waals surface area contributed by atoms with E-state index in [-0.39, 0.29) is 21.7 Å². The lowest BCUT2D eigenvalue weighted by atomic mass is 10.2. The molecule has 1 aromatic carbocycles. The highest BCUT2D eigenvalue weighted by atomic mass is 35.5. The van der Waals surface area contributed by atoms with E-state index in [0.29, 0.717) is 0 Å². The number of anilines is 2. The predicted octanol–water partition coefficient (Wildman–Crippen LogP) is 4.55. The Morgan fingerprint density at radius 1 is 1.05 bits per heavy atom. The van der Waals surface area contributed by atoms with Crippen LogP contribution in [-0.2, 0) is 6.18 Å². The van der Waals surface area contributed by atoms with Crippen molar-refractivity contribution in [2.75, 3.05) is 5.32 Å². The van der Waals surface area contributed by atoms with Crippen molar-refractivity contribution in [2.45, 2.75) is 6.18 Å². The lowest BCUT2D eigenvalue weighted by molar-refractivity contribution is -0.137. The van der Waals surface area contributed by atoms with E-state index >= 15 is 0 Å². The summed E-state index contributed by atoms with van der Waals surface area (Å²) in [5.41, 5.74) is -0.717. The molecule has 0 aliphatic heterocycles. The fourth-order valence-electron chi connectivity index (χ4n) is 1.34. The first kappa shape index (κ1) is 13.9. The van der Waals surface area contributed by atoms with Gasteiger partial charge >= 0.3 is 6.18 Å². The molecule has 0 spiro atoms. The van der Waals surface area contributed by atoms with Crippen molar-refractivity contribution in [1.82, 2.24) is 9.97 Å². The second-order valence-corrected chi connectivity index (χ2v) is 4.34. The van der Waals surface area contributed by atoms with Crippen LogP contribution >= 0.6 is 23.2 Å². The number of rotatable bonds is 2. The zero-order valence-electron chi connectivity index (χ0n) is 9.17. The Balaban J connectivity index is 2.34. The molecule has 1 heterocycles. The van der Waals surface area contributed by atoms with Gasteiger partial charge in [-0.2, -0.15) is 13.2 Å². The summed E-state index contributed by atoms with van der Waals surface area (Å²) in [5, 5.41) is 2.97. The third-order valence-corrected chi connectivity index (χ3v) is 2.73. The number of hydrogen-bond donors (Lipinski definition) is 1. The first-order chi connectivity index (χ1) is 8.86. The molecule has 0 fully saturated rings. The summed E-state index contributed by atoms with van der Waals surface area (Å²) in [6.07, 6.45) is -3.25. The van der Waals surface area contributed by atoms with Crippen molar-refractivity contribution in [3.63, 3.8) is 0 Å². The van der Waals surface area contributed by atoms with Crippen LogP contribution < -0.4 is 5.32 Å². The Hall–Kier alpha value is -1.53. The van der Waals surface area contributed by atoms with E-state index in [0.717, 1.165) is 18.2 Å². The summed E-state index contributed by atoms with van der Waals surface area (Å²) in [6, 6.07) is 4.34. The van der Waals surface area contributed by atoms with Crippen molar-refractivity contribution in [1.29, 1.82) is 0 Å². The third kappa shape index (κ3) is 3.48. The van der Waals surface area contributed by atoms with Gasteiger partial charge in [-0.15, -0.1) is 0 Å². The highest BCUT2D eigenvalue weighted by Crippen LogP contribution is 2.34. The van der Waals surface area contributed by atoms with Gasteiger partial charge in [-0.05, 0) is 18.2 Å². The molecule has 0 aliphatic carbocycles. The largest absolute Gasteiger partial charge is 0.416 e. The Morgan fingerprint density at radius 2 is 1.79 bits per heavy atom. The van der Waals surface area contributed by atoms with Gasteiger partial charge < -0.3 is 5.32 Å². The SMILES string of the molecule is FC(F)(F)c1ccc(Cl)c(Nc2cc(Cl)ncn2)c1. The van der Waals surface area contributed by atoms with E-state index in [2.05, 4.69) is 15.3 Å². The molecule has 0 amide bonds. The second-order valence-electron chi connectivity index (χ2n) is 3.54. The maximum absolute atomic E-state index is 12.6. The van der Waals surface area contributed by atoms with Gasteiger partial charge in [0.25, 0.3) is 0 Å². The van der Waals surface area contributed by atoms with Crippen molar-refractivity contribution in [3.8, 4) is 0 Å². The average Bonchev–Trinajstić information content (AvgIpc) is 2.30. The number of alkyl halides is 3. The van der Waals surface area contributed by atoms with Gasteiger partial charge in [0.1, 0.15) is 17.3 Å². The maximum atomic E-state index is 12.6. The van der Waals surface area contributed by atoms with Crippen LogP contribution in [0.15, 0.2) is 30.6 Å². The van der Waals surface area contributed by atoms with Crippen LogP contribution in [-0.4, -0.2) is 9.97 Å². The Bertz CT molecular complexity index is 602. The van der Waals surface area contributed by atoms with Crippen LogP contribution in [0.1, 0.15) is 5.56 Å². The quantitative estimate of drug-likeness (QED) is 0.827. The van der Waals surface area contributed by atoms with Crippen LogP contribution in [0.4, 0.5) is 24.7 Å². The molecule has 100 valence electrons. The Morgan fingerprint density at radius 3 is 2.42 bits per heavy atom. The van der Waals surface area contributed by atoms with Crippen molar-refractivity contribution in [2.24, 2.45) is 0 Å². The molecule has 0 aliphatic rings. The number of nitrogens with zero attached hydrogens (tertiary/aromatic N) is 2. The predicted molar refractivity (Wildman–Crippen MR) is 66.8 cm³/mol. The van der Waals surface area contributed by atoms with Gasteiger partial charge in [0, 0.05) is 6.07 Å². The molecule has 1 aromatic heterocycles. The minimum absolute atomic E-state index is 0.0891. The number of hydrogen-bond acceptors (Lipinski definition) is 3. The summed E-state index contributed by atoms with van der Waals surface area (Å²) in [5.74, 6) is 0.251. The normalized spacial score (nSPS) is 11.4. The van der Waals surface area contributed by atoms with Gasteiger partial charge in [0.05, 0.1) is 16.3 Å². The summed E-state index contributed by atoms with van der Waals surface area (Å²) >= 11 is 11.5. The van der Waals surface area contributed by atoms with Gasteiger partial charge in [0.2, 0.25) is 0 Å². The van der Waals surface area contributed by atoms with Crippen molar-refractivity contribution in [3.05, 3.63) is 46.3 Å². The zero-order chi connectivity index (χ0) is 14.0. The fourth-order valence-corrected chi connectivity index (χ4v) is 1.65. The molecule has 3 nitrogen and oxygen atoms in total. The molecule has 0 unspecified atom stereocenters. The van der Waals surface area contributed by atoms with Gasteiger partial charge in [-0.1, -0.05) is 23.2 Å².